The van der Waals surface area contributed by atoms with E-state index < -0.39 is 0 Å². The van der Waals surface area contributed by atoms with Crippen molar-refractivity contribution in [2.24, 2.45) is 5.92 Å². The third kappa shape index (κ3) is 3.93. The molecule has 0 spiro atoms. The summed E-state index contributed by atoms with van der Waals surface area (Å²) in [5.41, 5.74) is 0. The molecular weight excluding hydrogens is 240 g/mol. The average molecular weight is 268 g/mol. The van der Waals surface area contributed by atoms with Crippen LogP contribution in [0.4, 0.5) is 0 Å². The second-order valence-electron chi connectivity index (χ2n) is 6.33. The first-order valence-electron chi connectivity index (χ1n) is 7.76. The van der Waals surface area contributed by atoms with E-state index in [0.29, 0.717) is 12.0 Å². The number of hydrogen-bond acceptors (Lipinski definition) is 3. The van der Waals surface area contributed by atoms with E-state index in [1.807, 2.05) is 4.90 Å². The molecule has 3 atom stereocenters. The first-order valence-corrected chi connectivity index (χ1v) is 7.76. The molecular formula is C15H28N2O2. The van der Waals surface area contributed by atoms with E-state index in [2.05, 4.69) is 26.1 Å². The van der Waals surface area contributed by atoms with Crippen LogP contribution in [0.1, 0.15) is 52.9 Å². The molecule has 0 aliphatic carbocycles. The van der Waals surface area contributed by atoms with Gasteiger partial charge >= 0.3 is 0 Å². The van der Waals surface area contributed by atoms with Crippen molar-refractivity contribution in [1.82, 2.24) is 10.2 Å². The molecule has 0 saturated carbocycles. The molecule has 2 fully saturated rings. The molecule has 4 nitrogen and oxygen atoms in total. The smallest absolute Gasteiger partial charge is 0.241 e. The van der Waals surface area contributed by atoms with Crippen LogP contribution in [-0.2, 0) is 9.53 Å². The summed E-state index contributed by atoms with van der Waals surface area (Å²) in [6.07, 6.45) is 6.04. The highest BCUT2D eigenvalue weighted by atomic mass is 16.5. The van der Waals surface area contributed by atoms with E-state index in [1.165, 1.54) is 12.8 Å². The molecule has 3 unspecified atom stereocenters. The van der Waals surface area contributed by atoms with Crippen molar-refractivity contribution in [3.63, 3.8) is 0 Å². The Bertz CT molecular complexity index is 301. The SMILES string of the molecule is CC(C)CC1NC(C)N(CCC2CCCCO2)C1=O. The molecule has 19 heavy (non-hydrogen) atoms. The Labute approximate surface area is 116 Å². The van der Waals surface area contributed by atoms with Gasteiger partial charge in [-0.3, -0.25) is 10.1 Å². The van der Waals surface area contributed by atoms with Gasteiger partial charge in [0, 0.05) is 13.2 Å². The summed E-state index contributed by atoms with van der Waals surface area (Å²) in [6, 6.07) is 0.0160. The van der Waals surface area contributed by atoms with Crippen LogP contribution in [0.2, 0.25) is 0 Å². The summed E-state index contributed by atoms with van der Waals surface area (Å²) in [7, 11) is 0. The van der Waals surface area contributed by atoms with Crippen molar-refractivity contribution < 1.29 is 9.53 Å². The molecule has 2 aliphatic rings. The monoisotopic (exact) mass is 268 g/mol. The molecule has 110 valence electrons. The highest BCUT2D eigenvalue weighted by Gasteiger charge is 2.36. The molecule has 0 aromatic carbocycles. The molecule has 1 amide bonds. The van der Waals surface area contributed by atoms with Crippen molar-refractivity contribution in [2.45, 2.75) is 71.2 Å². The predicted molar refractivity (Wildman–Crippen MR) is 75.8 cm³/mol. The largest absolute Gasteiger partial charge is 0.378 e. The van der Waals surface area contributed by atoms with Crippen molar-refractivity contribution in [3.05, 3.63) is 0 Å². The lowest BCUT2D eigenvalue weighted by Gasteiger charge is -2.26. The Morgan fingerprint density at radius 3 is 2.84 bits per heavy atom. The molecule has 0 bridgehead atoms. The van der Waals surface area contributed by atoms with Crippen LogP contribution < -0.4 is 5.32 Å². The Kier molecular flexibility index (Phi) is 5.22. The minimum Gasteiger partial charge on any atom is -0.378 e. The van der Waals surface area contributed by atoms with Crippen LogP contribution in [0.15, 0.2) is 0 Å². The van der Waals surface area contributed by atoms with Gasteiger partial charge in [0.25, 0.3) is 0 Å². The van der Waals surface area contributed by atoms with Gasteiger partial charge in [0.1, 0.15) is 0 Å². The van der Waals surface area contributed by atoms with Crippen LogP contribution in [0.5, 0.6) is 0 Å². The molecule has 2 heterocycles. The van der Waals surface area contributed by atoms with Gasteiger partial charge < -0.3 is 9.64 Å². The Morgan fingerprint density at radius 1 is 1.42 bits per heavy atom. The summed E-state index contributed by atoms with van der Waals surface area (Å²) < 4.78 is 5.74. The van der Waals surface area contributed by atoms with Gasteiger partial charge in [-0.15, -0.1) is 0 Å². The average Bonchev–Trinajstić information content (AvgIpc) is 2.63. The van der Waals surface area contributed by atoms with E-state index in [9.17, 15) is 4.79 Å². The molecule has 2 rings (SSSR count). The number of rotatable bonds is 5. The zero-order chi connectivity index (χ0) is 13.8. The lowest BCUT2D eigenvalue weighted by atomic mass is 10.0. The fourth-order valence-corrected chi connectivity index (χ4v) is 3.11. The Hall–Kier alpha value is -0.610. The fourth-order valence-electron chi connectivity index (χ4n) is 3.11. The Balaban J connectivity index is 1.80. The molecule has 0 radical (unpaired) electrons. The minimum atomic E-state index is 0.0160. The Morgan fingerprint density at radius 2 is 2.21 bits per heavy atom. The van der Waals surface area contributed by atoms with Gasteiger partial charge in [0.05, 0.1) is 18.3 Å². The number of nitrogens with zero attached hydrogens (tertiary/aromatic N) is 1. The molecule has 0 aromatic rings. The summed E-state index contributed by atoms with van der Waals surface area (Å²) >= 11 is 0. The number of amides is 1. The quantitative estimate of drug-likeness (QED) is 0.830. The predicted octanol–water partition coefficient (Wildman–Crippen LogP) is 2.14. The summed E-state index contributed by atoms with van der Waals surface area (Å²) in [5, 5.41) is 3.41. The maximum atomic E-state index is 12.3. The van der Waals surface area contributed by atoms with E-state index in [4.69, 9.17) is 4.74 Å². The normalized spacial score (nSPS) is 32.3. The van der Waals surface area contributed by atoms with E-state index in [0.717, 1.165) is 32.4 Å². The molecule has 2 aliphatic heterocycles. The maximum absolute atomic E-state index is 12.3. The van der Waals surface area contributed by atoms with Gasteiger partial charge in [-0.25, -0.2) is 0 Å². The van der Waals surface area contributed by atoms with Crippen molar-refractivity contribution in [2.75, 3.05) is 13.2 Å². The molecule has 4 heteroatoms. The maximum Gasteiger partial charge on any atom is 0.241 e. The van der Waals surface area contributed by atoms with E-state index in [1.54, 1.807) is 0 Å². The van der Waals surface area contributed by atoms with Crippen LogP contribution in [-0.4, -0.2) is 42.3 Å². The first-order chi connectivity index (χ1) is 9.08. The third-order valence-corrected chi connectivity index (χ3v) is 4.16. The molecule has 1 N–H and O–H groups in total. The zero-order valence-corrected chi connectivity index (χ0v) is 12.5. The second kappa shape index (κ2) is 6.71. The van der Waals surface area contributed by atoms with Crippen molar-refractivity contribution in [3.8, 4) is 0 Å². The van der Waals surface area contributed by atoms with Crippen molar-refractivity contribution >= 4 is 5.91 Å². The minimum absolute atomic E-state index is 0.0160. The van der Waals surface area contributed by atoms with Crippen LogP contribution in [0.3, 0.4) is 0 Å². The number of carbonyl (C=O) groups excluding carboxylic acids is 1. The van der Waals surface area contributed by atoms with Crippen LogP contribution >= 0.6 is 0 Å². The van der Waals surface area contributed by atoms with E-state index >= 15 is 0 Å². The lowest BCUT2D eigenvalue weighted by Crippen LogP contribution is -2.37. The first kappa shape index (κ1) is 14.8. The van der Waals surface area contributed by atoms with Gasteiger partial charge in [0.15, 0.2) is 0 Å². The standard InChI is InChI=1S/C15H28N2O2/c1-11(2)10-14-15(18)17(12(3)16-14)8-7-13-6-4-5-9-19-13/h11-14,16H,4-10H2,1-3H3. The number of nitrogens with one attached hydrogen (secondary N) is 1. The van der Waals surface area contributed by atoms with Crippen molar-refractivity contribution in [1.29, 1.82) is 0 Å². The molecule has 2 saturated heterocycles. The van der Waals surface area contributed by atoms with Gasteiger partial charge in [-0.2, -0.15) is 0 Å². The lowest BCUT2D eigenvalue weighted by molar-refractivity contribution is -0.130. The summed E-state index contributed by atoms with van der Waals surface area (Å²) in [4.78, 5) is 14.3. The fraction of sp³-hybridized carbons (Fsp3) is 0.933. The second-order valence-corrected chi connectivity index (χ2v) is 6.33. The van der Waals surface area contributed by atoms with Gasteiger partial charge in [-0.05, 0) is 44.9 Å². The van der Waals surface area contributed by atoms with Crippen LogP contribution in [0.25, 0.3) is 0 Å². The zero-order valence-electron chi connectivity index (χ0n) is 12.5. The topological polar surface area (TPSA) is 41.6 Å². The van der Waals surface area contributed by atoms with Gasteiger partial charge in [0.2, 0.25) is 5.91 Å². The van der Waals surface area contributed by atoms with E-state index in [-0.39, 0.29) is 18.1 Å². The molecule has 0 aromatic heterocycles. The summed E-state index contributed by atoms with van der Waals surface area (Å²) in [5.74, 6) is 0.826. The van der Waals surface area contributed by atoms with Crippen LogP contribution in [0, 0.1) is 5.92 Å². The number of hydrogen-bond donors (Lipinski definition) is 1. The third-order valence-electron chi connectivity index (χ3n) is 4.16. The number of carbonyl (C=O) groups is 1. The summed E-state index contributed by atoms with van der Waals surface area (Å²) in [6.45, 7) is 8.13. The van der Waals surface area contributed by atoms with Gasteiger partial charge in [-0.1, -0.05) is 13.8 Å². The number of ether oxygens (including phenoxy) is 1. The highest BCUT2D eigenvalue weighted by molar-refractivity contribution is 5.84. The highest BCUT2D eigenvalue weighted by Crippen LogP contribution is 2.20.